The van der Waals surface area contributed by atoms with E-state index in [1.54, 1.807) is 12.1 Å². The number of carbonyl (C=O) groups is 2. The van der Waals surface area contributed by atoms with Crippen molar-refractivity contribution in [2.75, 3.05) is 11.9 Å². The first-order chi connectivity index (χ1) is 8.93. The first-order valence-electron chi connectivity index (χ1n) is 6.02. The van der Waals surface area contributed by atoms with Crippen LogP contribution in [-0.4, -0.2) is 24.5 Å². The van der Waals surface area contributed by atoms with E-state index >= 15 is 0 Å². The summed E-state index contributed by atoms with van der Waals surface area (Å²) >= 11 is 0. The van der Waals surface area contributed by atoms with Crippen molar-refractivity contribution in [1.82, 2.24) is 0 Å². The van der Waals surface area contributed by atoms with Crippen LogP contribution in [0, 0.1) is 6.92 Å². The number of nitrogens with two attached hydrogens (primary N) is 2. The van der Waals surface area contributed by atoms with E-state index in [9.17, 15) is 9.59 Å². The molecule has 0 fully saturated rings. The average molecular weight is 302 g/mol. The third-order valence-corrected chi connectivity index (χ3v) is 2.52. The summed E-state index contributed by atoms with van der Waals surface area (Å²) in [4.78, 5) is 22.4. The molecular formula is C13H20ClN3O3. The standard InChI is InChI=1S/C13H19N3O3.ClH/c1-3-19-9-4-5-11(8(2)6-9)16-13(18)10(14)7-12(15)17;/h4-6,10H,3,7,14H2,1-2H3,(H2,15,17)(H,16,18);1H. The minimum absolute atomic E-state index is 0. The quantitative estimate of drug-likeness (QED) is 0.727. The lowest BCUT2D eigenvalue weighted by molar-refractivity contribution is -0.123. The number of ether oxygens (including phenoxy) is 1. The van der Waals surface area contributed by atoms with Crippen molar-refractivity contribution >= 4 is 29.9 Å². The van der Waals surface area contributed by atoms with Gasteiger partial charge in [0.05, 0.1) is 19.1 Å². The fraction of sp³-hybridized carbons (Fsp3) is 0.385. The number of nitrogens with one attached hydrogen (secondary N) is 1. The van der Waals surface area contributed by atoms with Gasteiger partial charge in [0.1, 0.15) is 5.75 Å². The van der Waals surface area contributed by atoms with E-state index in [0.717, 1.165) is 11.3 Å². The molecule has 1 rings (SSSR count). The van der Waals surface area contributed by atoms with Gasteiger partial charge < -0.3 is 21.5 Å². The number of rotatable bonds is 6. The third kappa shape index (κ3) is 5.46. The summed E-state index contributed by atoms with van der Waals surface area (Å²) < 4.78 is 5.35. The lowest BCUT2D eigenvalue weighted by Crippen LogP contribution is -2.39. The van der Waals surface area contributed by atoms with Gasteiger partial charge in [-0.05, 0) is 37.6 Å². The van der Waals surface area contributed by atoms with Gasteiger partial charge >= 0.3 is 0 Å². The number of carbonyl (C=O) groups excluding carboxylic acids is 2. The second-order valence-electron chi connectivity index (χ2n) is 4.18. The van der Waals surface area contributed by atoms with Gasteiger partial charge in [-0.2, -0.15) is 0 Å². The van der Waals surface area contributed by atoms with Crippen LogP contribution in [0.1, 0.15) is 18.9 Å². The number of amides is 2. The monoisotopic (exact) mass is 301 g/mol. The Bertz CT molecular complexity index is 480. The Kier molecular flexibility index (Phi) is 7.64. The zero-order valence-electron chi connectivity index (χ0n) is 11.5. The summed E-state index contributed by atoms with van der Waals surface area (Å²) in [6.07, 6.45) is -0.179. The first-order valence-corrected chi connectivity index (χ1v) is 6.02. The van der Waals surface area contributed by atoms with Crippen LogP contribution in [0.25, 0.3) is 0 Å². The van der Waals surface area contributed by atoms with Crippen LogP contribution in [0.2, 0.25) is 0 Å². The third-order valence-electron chi connectivity index (χ3n) is 2.52. The van der Waals surface area contributed by atoms with Crippen LogP contribution >= 0.6 is 12.4 Å². The van der Waals surface area contributed by atoms with Crippen LogP contribution in [0.15, 0.2) is 18.2 Å². The number of hydrogen-bond donors (Lipinski definition) is 3. The van der Waals surface area contributed by atoms with E-state index in [0.29, 0.717) is 12.3 Å². The van der Waals surface area contributed by atoms with E-state index in [4.69, 9.17) is 16.2 Å². The van der Waals surface area contributed by atoms with Crippen LogP contribution in [-0.2, 0) is 9.59 Å². The fourth-order valence-electron chi connectivity index (χ4n) is 1.57. The smallest absolute Gasteiger partial charge is 0.241 e. The molecule has 0 radical (unpaired) electrons. The summed E-state index contributed by atoms with van der Waals surface area (Å²) in [6.45, 7) is 4.32. The van der Waals surface area contributed by atoms with Crippen molar-refractivity contribution in [3.05, 3.63) is 23.8 Å². The van der Waals surface area contributed by atoms with Gasteiger partial charge in [0.25, 0.3) is 0 Å². The second-order valence-corrected chi connectivity index (χ2v) is 4.18. The molecule has 0 aromatic heterocycles. The van der Waals surface area contributed by atoms with Crippen LogP contribution in [0.3, 0.4) is 0 Å². The molecule has 1 aromatic rings. The topological polar surface area (TPSA) is 107 Å². The van der Waals surface area contributed by atoms with E-state index < -0.39 is 17.9 Å². The number of anilines is 1. The Morgan fingerprint density at radius 1 is 1.40 bits per heavy atom. The Labute approximate surface area is 124 Å². The van der Waals surface area contributed by atoms with Crippen molar-refractivity contribution in [3.8, 4) is 5.75 Å². The molecule has 0 aliphatic carbocycles. The van der Waals surface area contributed by atoms with Crippen LogP contribution in [0.4, 0.5) is 5.69 Å². The number of benzene rings is 1. The zero-order valence-corrected chi connectivity index (χ0v) is 12.3. The molecule has 1 unspecified atom stereocenters. The molecule has 0 saturated carbocycles. The van der Waals surface area contributed by atoms with Crippen molar-refractivity contribution < 1.29 is 14.3 Å². The summed E-state index contributed by atoms with van der Waals surface area (Å²) in [5.41, 5.74) is 12.0. The van der Waals surface area contributed by atoms with E-state index in [1.165, 1.54) is 0 Å². The molecule has 112 valence electrons. The normalized spacial score (nSPS) is 11.2. The molecule has 0 saturated heterocycles. The molecule has 1 aromatic carbocycles. The lowest BCUT2D eigenvalue weighted by Gasteiger charge is -2.13. The molecule has 0 spiro atoms. The second kappa shape index (κ2) is 8.39. The van der Waals surface area contributed by atoms with Gasteiger partial charge in [-0.1, -0.05) is 0 Å². The highest BCUT2D eigenvalue weighted by molar-refractivity contribution is 5.97. The molecule has 7 heteroatoms. The first kappa shape index (κ1) is 18.2. The molecule has 2 amide bonds. The molecule has 20 heavy (non-hydrogen) atoms. The Balaban J connectivity index is 0.00000361. The zero-order chi connectivity index (χ0) is 14.4. The lowest BCUT2D eigenvalue weighted by atomic mass is 10.1. The molecule has 0 bridgehead atoms. The highest BCUT2D eigenvalue weighted by Gasteiger charge is 2.16. The summed E-state index contributed by atoms with van der Waals surface area (Å²) in [7, 11) is 0. The highest BCUT2D eigenvalue weighted by atomic mass is 35.5. The van der Waals surface area contributed by atoms with Gasteiger partial charge in [-0.25, -0.2) is 0 Å². The number of hydrogen-bond acceptors (Lipinski definition) is 4. The Morgan fingerprint density at radius 2 is 2.05 bits per heavy atom. The maximum atomic E-state index is 11.7. The highest BCUT2D eigenvalue weighted by Crippen LogP contribution is 2.21. The van der Waals surface area contributed by atoms with Gasteiger partial charge in [-0.3, -0.25) is 9.59 Å². The molecular weight excluding hydrogens is 282 g/mol. The summed E-state index contributed by atoms with van der Waals surface area (Å²) in [6, 6.07) is 4.36. The Hall–Kier alpha value is -1.79. The molecule has 0 aliphatic rings. The predicted octanol–water partition coefficient (Wildman–Crippen LogP) is 0.957. The minimum Gasteiger partial charge on any atom is -0.494 e. The van der Waals surface area contributed by atoms with Crippen molar-refractivity contribution in [2.24, 2.45) is 11.5 Å². The van der Waals surface area contributed by atoms with E-state index in [1.807, 2.05) is 19.9 Å². The van der Waals surface area contributed by atoms with Gasteiger partial charge in [0, 0.05) is 5.69 Å². The molecule has 6 nitrogen and oxygen atoms in total. The molecule has 0 aliphatic heterocycles. The average Bonchev–Trinajstić information content (AvgIpc) is 2.32. The SMILES string of the molecule is CCOc1ccc(NC(=O)C(N)CC(N)=O)c(C)c1.Cl. The number of aryl methyl sites for hydroxylation is 1. The van der Waals surface area contributed by atoms with Crippen molar-refractivity contribution in [2.45, 2.75) is 26.3 Å². The number of primary amides is 1. The largest absolute Gasteiger partial charge is 0.494 e. The van der Waals surface area contributed by atoms with Crippen molar-refractivity contribution in [3.63, 3.8) is 0 Å². The predicted molar refractivity (Wildman–Crippen MR) is 80.0 cm³/mol. The molecule has 1 atom stereocenters. The van der Waals surface area contributed by atoms with Crippen LogP contribution < -0.4 is 21.5 Å². The van der Waals surface area contributed by atoms with E-state index in [2.05, 4.69) is 5.32 Å². The molecule has 0 heterocycles. The van der Waals surface area contributed by atoms with Crippen LogP contribution in [0.5, 0.6) is 5.75 Å². The maximum absolute atomic E-state index is 11.7. The summed E-state index contributed by atoms with van der Waals surface area (Å²) in [5.74, 6) is -0.309. The minimum atomic E-state index is -0.941. The fourth-order valence-corrected chi connectivity index (χ4v) is 1.57. The maximum Gasteiger partial charge on any atom is 0.241 e. The van der Waals surface area contributed by atoms with Gasteiger partial charge in [0.2, 0.25) is 11.8 Å². The van der Waals surface area contributed by atoms with E-state index in [-0.39, 0.29) is 18.8 Å². The van der Waals surface area contributed by atoms with Gasteiger partial charge in [-0.15, -0.1) is 12.4 Å². The molecule has 5 N–H and O–H groups in total. The van der Waals surface area contributed by atoms with Crippen molar-refractivity contribution in [1.29, 1.82) is 0 Å². The van der Waals surface area contributed by atoms with Gasteiger partial charge in [0.15, 0.2) is 0 Å². The summed E-state index contributed by atoms with van der Waals surface area (Å²) in [5, 5.41) is 2.66. The Morgan fingerprint density at radius 3 is 2.55 bits per heavy atom. The number of halogens is 1.